The maximum absolute atomic E-state index is 12.5. The molecule has 1 aliphatic rings. The van der Waals surface area contributed by atoms with Crippen LogP contribution >= 0.6 is 0 Å². The van der Waals surface area contributed by atoms with Gasteiger partial charge in [0, 0.05) is 26.3 Å². The highest BCUT2D eigenvalue weighted by Crippen LogP contribution is 2.31. The van der Waals surface area contributed by atoms with Crippen molar-refractivity contribution in [1.82, 2.24) is 5.32 Å². The van der Waals surface area contributed by atoms with Crippen LogP contribution in [-0.4, -0.2) is 45.6 Å². The Morgan fingerprint density at radius 3 is 2.58 bits per heavy atom. The lowest BCUT2D eigenvalue weighted by atomic mass is 9.79. The highest BCUT2D eigenvalue weighted by atomic mass is 19.4. The Labute approximate surface area is 149 Å². The van der Waals surface area contributed by atoms with Crippen LogP contribution in [0.25, 0.3) is 0 Å². The van der Waals surface area contributed by atoms with E-state index in [1.54, 1.807) is 6.07 Å². The lowest BCUT2D eigenvalue weighted by Crippen LogP contribution is -2.48. The quantitative estimate of drug-likeness (QED) is 0.761. The normalized spacial score (nSPS) is 16.8. The third-order valence-corrected chi connectivity index (χ3v) is 4.39. The van der Waals surface area contributed by atoms with Gasteiger partial charge >= 0.3 is 6.18 Å². The number of benzene rings is 1. The van der Waals surface area contributed by atoms with E-state index in [1.807, 2.05) is 0 Å². The first-order valence-corrected chi connectivity index (χ1v) is 8.22. The highest BCUT2D eigenvalue weighted by Gasteiger charge is 2.38. The molecule has 2 rings (SSSR count). The highest BCUT2D eigenvalue weighted by molar-refractivity contribution is 5.83. The predicted molar refractivity (Wildman–Crippen MR) is 87.9 cm³/mol. The number of hydrogen-bond acceptors (Lipinski definition) is 5. The van der Waals surface area contributed by atoms with Gasteiger partial charge in [0.05, 0.1) is 12.5 Å². The van der Waals surface area contributed by atoms with Crippen LogP contribution < -0.4 is 20.5 Å². The summed E-state index contributed by atoms with van der Waals surface area (Å²) in [5, 5.41) is 2.84. The Bertz CT molecular complexity index is 617. The van der Waals surface area contributed by atoms with Crippen molar-refractivity contribution in [2.75, 3.05) is 33.5 Å². The molecule has 1 amide bonds. The summed E-state index contributed by atoms with van der Waals surface area (Å²) in [6.45, 7) is 0.0149. The van der Waals surface area contributed by atoms with Crippen LogP contribution in [-0.2, 0) is 16.1 Å². The summed E-state index contributed by atoms with van der Waals surface area (Å²) in [6.07, 6.45) is -3.32. The Kier molecular flexibility index (Phi) is 6.71. The maximum atomic E-state index is 12.5. The van der Waals surface area contributed by atoms with Crippen molar-refractivity contribution in [1.29, 1.82) is 0 Å². The fraction of sp³-hybridized carbons (Fsp3) is 0.588. The lowest BCUT2D eigenvalue weighted by molar-refractivity contribution is -0.153. The van der Waals surface area contributed by atoms with Crippen molar-refractivity contribution in [2.45, 2.75) is 25.6 Å². The van der Waals surface area contributed by atoms with Crippen molar-refractivity contribution in [3.05, 3.63) is 23.8 Å². The lowest BCUT2D eigenvalue weighted by Gasteiger charge is -2.34. The van der Waals surface area contributed by atoms with E-state index >= 15 is 0 Å². The molecular formula is C17H23F3N2O4. The average molecular weight is 376 g/mol. The first-order valence-electron chi connectivity index (χ1n) is 8.22. The van der Waals surface area contributed by atoms with Gasteiger partial charge in [0.1, 0.15) is 0 Å². The predicted octanol–water partition coefficient (Wildman–Crippen LogP) is 2.01. The van der Waals surface area contributed by atoms with E-state index in [0.717, 1.165) is 0 Å². The topological polar surface area (TPSA) is 82.8 Å². The zero-order chi connectivity index (χ0) is 19.2. The third kappa shape index (κ3) is 5.25. The maximum Gasteiger partial charge on any atom is 0.422 e. The van der Waals surface area contributed by atoms with Crippen LogP contribution in [0.1, 0.15) is 18.4 Å². The number of carbonyl (C=O) groups is 1. The zero-order valence-corrected chi connectivity index (χ0v) is 14.5. The molecule has 0 unspecified atom stereocenters. The summed E-state index contributed by atoms with van der Waals surface area (Å²) in [4.78, 5) is 12.5. The Hall–Kier alpha value is -2.00. The Morgan fingerprint density at radius 2 is 2.00 bits per heavy atom. The molecule has 1 aromatic rings. The summed E-state index contributed by atoms with van der Waals surface area (Å²) >= 11 is 0. The average Bonchev–Trinajstić information content (AvgIpc) is 2.64. The summed E-state index contributed by atoms with van der Waals surface area (Å²) in [5.74, 6) is 0.00280. The second-order valence-electron chi connectivity index (χ2n) is 6.17. The number of hydrogen-bond donors (Lipinski definition) is 2. The van der Waals surface area contributed by atoms with Crippen molar-refractivity contribution >= 4 is 5.91 Å². The summed E-state index contributed by atoms with van der Waals surface area (Å²) < 4.78 is 51.9. The Balaban J connectivity index is 2.00. The second kappa shape index (κ2) is 8.59. The number of nitrogens with one attached hydrogen (secondary N) is 1. The minimum absolute atomic E-state index is 0.0113. The molecule has 3 N–H and O–H groups in total. The van der Waals surface area contributed by atoms with Gasteiger partial charge in [0.25, 0.3) is 0 Å². The van der Waals surface area contributed by atoms with Gasteiger partial charge in [-0.25, -0.2) is 0 Å². The van der Waals surface area contributed by atoms with Gasteiger partial charge in [-0.2, -0.15) is 13.2 Å². The van der Waals surface area contributed by atoms with E-state index in [1.165, 1.54) is 19.2 Å². The monoisotopic (exact) mass is 376 g/mol. The van der Waals surface area contributed by atoms with E-state index in [4.69, 9.17) is 19.9 Å². The summed E-state index contributed by atoms with van der Waals surface area (Å²) in [7, 11) is 1.34. The smallest absolute Gasteiger partial charge is 0.422 e. The number of methoxy groups -OCH3 is 1. The fourth-order valence-electron chi connectivity index (χ4n) is 2.76. The summed E-state index contributed by atoms with van der Waals surface area (Å²) in [5.41, 5.74) is 5.83. The van der Waals surface area contributed by atoms with E-state index < -0.39 is 18.2 Å². The molecule has 0 bridgehead atoms. The minimum atomic E-state index is -4.43. The Morgan fingerprint density at radius 1 is 1.31 bits per heavy atom. The van der Waals surface area contributed by atoms with Crippen LogP contribution in [0.15, 0.2) is 18.2 Å². The number of ether oxygens (including phenoxy) is 3. The fourth-order valence-corrected chi connectivity index (χ4v) is 2.76. The van der Waals surface area contributed by atoms with E-state index in [2.05, 4.69) is 5.32 Å². The van der Waals surface area contributed by atoms with Crippen molar-refractivity contribution in [2.24, 2.45) is 11.1 Å². The molecule has 0 aromatic heterocycles. The molecule has 0 saturated carbocycles. The molecule has 1 fully saturated rings. The van der Waals surface area contributed by atoms with Crippen LogP contribution in [0.5, 0.6) is 11.5 Å². The number of rotatable bonds is 7. The van der Waals surface area contributed by atoms with Crippen LogP contribution in [0.2, 0.25) is 0 Å². The molecule has 1 saturated heterocycles. The molecule has 0 atom stereocenters. The molecule has 0 radical (unpaired) electrons. The number of halogens is 3. The van der Waals surface area contributed by atoms with Gasteiger partial charge in [0.15, 0.2) is 18.1 Å². The molecular weight excluding hydrogens is 353 g/mol. The van der Waals surface area contributed by atoms with E-state index in [9.17, 15) is 18.0 Å². The van der Waals surface area contributed by atoms with Crippen LogP contribution in [0.4, 0.5) is 13.2 Å². The molecule has 9 heteroatoms. The van der Waals surface area contributed by atoms with Gasteiger partial charge in [-0.15, -0.1) is 0 Å². The van der Waals surface area contributed by atoms with Gasteiger partial charge in [-0.1, -0.05) is 6.07 Å². The number of carbonyl (C=O) groups excluding carboxylic acids is 1. The molecule has 0 aliphatic carbocycles. The first-order chi connectivity index (χ1) is 12.3. The molecule has 0 spiro atoms. The minimum Gasteiger partial charge on any atom is -0.493 e. The molecule has 146 valence electrons. The number of nitrogens with two attached hydrogens (primary N) is 1. The molecule has 26 heavy (non-hydrogen) atoms. The zero-order valence-electron chi connectivity index (χ0n) is 14.5. The van der Waals surface area contributed by atoms with Gasteiger partial charge < -0.3 is 25.3 Å². The molecule has 6 nitrogen and oxygen atoms in total. The third-order valence-electron chi connectivity index (χ3n) is 4.39. The second-order valence-corrected chi connectivity index (χ2v) is 6.17. The van der Waals surface area contributed by atoms with Crippen molar-refractivity contribution in [3.8, 4) is 11.5 Å². The number of alkyl halides is 3. The molecule has 1 heterocycles. The van der Waals surface area contributed by atoms with Gasteiger partial charge in [-0.05, 0) is 30.5 Å². The molecule has 1 aromatic carbocycles. The van der Waals surface area contributed by atoms with Gasteiger partial charge in [0.2, 0.25) is 5.91 Å². The van der Waals surface area contributed by atoms with E-state index in [0.29, 0.717) is 31.6 Å². The number of amides is 1. The SMILES string of the molecule is COc1cc(CNC(=O)C2(CN)CCOCC2)ccc1OCC(F)(F)F. The molecule has 1 aliphatic heterocycles. The van der Waals surface area contributed by atoms with E-state index in [-0.39, 0.29) is 30.5 Å². The van der Waals surface area contributed by atoms with Crippen LogP contribution in [0, 0.1) is 5.41 Å². The van der Waals surface area contributed by atoms with Crippen molar-refractivity contribution in [3.63, 3.8) is 0 Å². The van der Waals surface area contributed by atoms with Gasteiger partial charge in [-0.3, -0.25) is 4.79 Å². The van der Waals surface area contributed by atoms with Crippen LogP contribution in [0.3, 0.4) is 0 Å². The largest absolute Gasteiger partial charge is 0.493 e. The first kappa shape index (κ1) is 20.3. The standard InChI is InChI=1S/C17H23F3N2O4/c1-24-14-8-12(2-3-13(14)26-11-17(18,19)20)9-22-15(23)16(10-21)4-6-25-7-5-16/h2-3,8H,4-7,9-11,21H2,1H3,(H,22,23). The summed E-state index contributed by atoms with van der Waals surface area (Å²) in [6, 6.07) is 4.50. The van der Waals surface area contributed by atoms with Crippen molar-refractivity contribution < 1.29 is 32.2 Å².